The first-order chi connectivity index (χ1) is 8.59. The molecule has 0 atom stereocenters. The summed E-state index contributed by atoms with van der Waals surface area (Å²) in [6.07, 6.45) is 1.56. The predicted octanol–water partition coefficient (Wildman–Crippen LogP) is 2.59. The van der Waals surface area contributed by atoms with Gasteiger partial charge in [0.2, 0.25) is 5.88 Å². The predicted molar refractivity (Wildman–Crippen MR) is 68.7 cm³/mol. The van der Waals surface area contributed by atoms with E-state index in [4.69, 9.17) is 10.5 Å². The number of para-hydroxylation sites is 1. The fraction of sp³-hybridized carbons (Fsp3) is 0.143. The van der Waals surface area contributed by atoms with Gasteiger partial charge in [0, 0.05) is 6.20 Å². The maximum Gasteiger partial charge on any atom is 0.254 e. The molecule has 4 nitrogen and oxygen atoms in total. The highest BCUT2D eigenvalue weighted by Gasteiger charge is 2.13. The number of hydrogen-bond donors (Lipinski definition) is 1. The molecule has 0 unspecified atom stereocenters. The minimum atomic E-state index is -0.552. The summed E-state index contributed by atoms with van der Waals surface area (Å²) in [7, 11) is 0. The zero-order chi connectivity index (χ0) is 13.1. The molecule has 0 saturated heterocycles. The van der Waals surface area contributed by atoms with Crippen molar-refractivity contribution in [3.8, 4) is 11.6 Å². The van der Waals surface area contributed by atoms with Crippen LogP contribution in [0.5, 0.6) is 11.6 Å². The van der Waals surface area contributed by atoms with E-state index < -0.39 is 5.91 Å². The molecule has 0 saturated carbocycles. The van der Waals surface area contributed by atoms with E-state index >= 15 is 0 Å². The number of rotatable bonds is 3. The van der Waals surface area contributed by atoms with Gasteiger partial charge in [0.05, 0.1) is 0 Å². The number of nitrogens with zero attached hydrogens (tertiary/aromatic N) is 1. The van der Waals surface area contributed by atoms with E-state index in [2.05, 4.69) is 4.98 Å². The van der Waals surface area contributed by atoms with Crippen molar-refractivity contribution in [1.82, 2.24) is 4.98 Å². The summed E-state index contributed by atoms with van der Waals surface area (Å²) in [4.78, 5) is 15.3. The number of carbonyl (C=O) groups is 1. The van der Waals surface area contributed by atoms with Gasteiger partial charge >= 0.3 is 0 Å². The highest BCUT2D eigenvalue weighted by atomic mass is 16.5. The number of benzene rings is 1. The van der Waals surface area contributed by atoms with E-state index in [9.17, 15) is 4.79 Å². The quantitative estimate of drug-likeness (QED) is 0.899. The Kier molecular flexibility index (Phi) is 3.28. The molecule has 92 valence electrons. The Labute approximate surface area is 105 Å². The molecular formula is C14H14N2O2. The molecule has 0 aliphatic rings. The van der Waals surface area contributed by atoms with Crippen molar-refractivity contribution in [1.29, 1.82) is 0 Å². The van der Waals surface area contributed by atoms with Gasteiger partial charge in [0.25, 0.3) is 5.91 Å². The summed E-state index contributed by atoms with van der Waals surface area (Å²) in [5.41, 5.74) is 7.53. The lowest BCUT2D eigenvalue weighted by atomic mass is 10.1. The Balaban J connectivity index is 2.43. The van der Waals surface area contributed by atoms with E-state index in [1.165, 1.54) is 0 Å². The number of carbonyl (C=O) groups excluding carboxylic acids is 1. The summed E-state index contributed by atoms with van der Waals surface area (Å²) in [6, 6.07) is 9.07. The first kappa shape index (κ1) is 12.1. The molecule has 0 radical (unpaired) electrons. The van der Waals surface area contributed by atoms with Crippen molar-refractivity contribution < 1.29 is 9.53 Å². The zero-order valence-corrected chi connectivity index (χ0v) is 10.3. The second-order valence-corrected chi connectivity index (χ2v) is 4.04. The molecule has 0 spiro atoms. The van der Waals surface area contributed by atoms with Gasteiger partial charge in [0.15, 0.2) is 0 Å². The summed E-state index contributed by atoms with van der Waals surface area (Å²) in [5.74, 6) is 0.394. The Morgan fingerprint density at radius 3 is 2.44 bits per heavy atom. The smallest absolute Gasteiger partial charge is 0.254 e. The molecule has 2 aromatic rings. The third kappa shape index (κ3) is 2.32. The van der Waals surface area contributed by atoms with Gasteiger partial charge in [-0.05, 0) is 37.1 Å². The van der Waals surface area contributed by atoms with Crippen molar-refractivity contribution in [2.75, 3.05) is 0 Å². The van der Waals surface area contributed by atoms with Crippen LogP contribution in [0.4, 0.5) is 0 Å². The Morgan fingerprint density at radius 1 is 1.17 bits per heavy atom. The van der Waals surface area contributed by atoms with Crippen LogP contribution < -0.4 is 10.5 Å². The van der Waals surface area contributed by atoms with E-state index in [1.807, 2.05) is 32.0 Å². The van der Waals surface area contributed by atoms with Gasteiger partial charge < -0.3 is 10.5 Å². The van der Waals surface area contributed by atoms with E-state index in [-0.39, 0.29) is 11.4 Å². The van der Waals surface area contributed by atoms with Crippen LogP contribution in [-0.4, -0.2) is 10.9 Å². The molecule has 0 fully saturated rings. The summed E-state index contributed by atoms with van der Waals surface area (Å²) in [5, 5.41) is 0. The number of aryl methyl sites for hydroxylation is 2. The molecule has 0 aliphatic carbocycles. The highest BCUT2D eigenvalue weighted by molar-refractivity contribution is 5.95. The van der Waals surface area contributed by atoms with E-state index in [0.29, 0.717) is 5.75 Å². The third-order valence-corrected chi connectivity index (χ3v) is 2.64. The van der Waals surface area contributed by atoms with Gasteiger partial charge in [-0.1, -0.05) is 18.2 Å². The van der Waals surface area contributed by atoms with Crippen molar-refractivity contribution in [2.45, 2.75) is 13.8 Å². The maximum atomic E-state index is 11.3. The van der Waals surface area contributed by atoms with Crippen LogP contribution >= 0.6 is 0 Å². The standard InChI is InChI=1S/C14H14N2O2/c1-9-5-3-6-10(2)12(9)18-14-11(13(15)17)7-4-8-16-14/h3-8H,1-2H3,(H2,15,17). The van der Waals surface area contributed by atoms with Crippen LogP contribution in [0.25, 0.3) is 0 Å². The fourth-order valence-corrected chi connectivity index (χ4v) is 1.72. The van der Waals surface area contributed by atoms with Crippen LogP contribution in [0.2, 0.25) is 0 Å². The molecule has 1 heterocycles. The molecule has 1 amide bonds. The fourth-order valence-electron chi connectivity index (χ4n) is 1.72. The average molecular weight is 242 g/mol. The molecule has 18 heavy (non-hydrogen) atoms. The average Bonchev–Trinajstić information content (AvgIpc) is 2.34. The second-order valence-electron chi connectivity index (χ2n) is 4.04. The molecule has 2 N–H and O–H groups in total. The van der Waals surface area contributed by atoms with Gasteiger partial charge in [-0.3, -0.25) is 4.79 Å². The number of aromatic nitrogens is 1. The molecule has 1 aromatic heterocycles. The Bertz CT molecular complexity index is 574. The first-order valence-electron chi connectivity index (χ1n) is 5.58. The lowest BCUT2D eigenvalue weighted by Crippen LogP contribution is -2.13. The number of primary amides is 1. The van der Waals surface area contributed by atoms with Gasteiger partial charge in [-0.25, -0.2) is 4.98 Å². The van der Waals surface area contributed by atoms with Gasteiger partial charge in [-0.2, -0.15) is 0 Å². The molecule has 4 heteroatoms. The van der Waals surface area contributed by atoms with Crippen LogP contribution in [0.3, 0.4) is 0 Å². The van der Waals surface area contributed by atoms with E-state index in [0.717, 1.165) is 11.1 Å². The number of nitrogens with two attached hydrogens (primary N) is 1. The van der Waals surface area contributed by atoms with Crippen LogP contribution in [-0.2, 0) is 0 Å². The number of ether oxygens (including phenoxy) is 1. The molecule has 1 aromatic carbocycles. The number of hydrogen-bond acceptors (Lipinski definition) is 3. The van der Waals surface area contributed by atoms with Crippen molar-refractivity contribution in [2.24, 2.45) is 5.73 Å². The zero-order valence-electron chi connectivity index (χ0n) is 10.3. The highest BCUT2D eigenvalue weighted by Crippen LogP contribution is 2.28. The summed E-state index contributed by atoms with van der Waals surface area (Å²) >= 11 is 0. The van der Waals surface area contributed by atoms with Crippen LogP contribution in [0.15, 0.2) is 36.5 Å². The lowest BCUT2D eigenvalue weighted by molar-refractivity contribution is 0.0997. The molecule has 0 bridgehead atoms. The Morgan fingerprint density at radius 2 is 1.83 bits per heavy atom. The second kappa shape index (κ2) is 4.87. The SMILES string of the molecule is Cc1cccc(C)c1Oc1ncccc1C(N)=O. The summed E-state index contributed by atoms with van der Waals surface area (Å²) in [6.45, 7) is 3.88. The van der Waals surface area contributed by atoms with Crippen LogP contribution in [0.1, 0.15) is 21.5 Å². The van der Waals surface area contributed by atoms with E-state index in [1.54, 1.807) is 18.3 Å². The largest absolute Gasteiger partial charge is 0.438 e. The molecule has 2 rings (SSSR count). The maximum absolute atomic E-state index is 11.3. The monoisotopic (exact) mass is 242 g/mol. The Hall–Kier alpha value is -2.36. The number of pyridine rings is 1. The van der Waals surface area contributed by atoms with Gasteiger partial charge in [0.1, 0.15) is 11.3 Å². The minimum Gasteiger partial charge on any atom is -0.438 e. The minimum absolute atomic E-state index is 0.238. The molecule has 0 aliphatic heterocycles. The third-order valence-electron chi connectivity index (χ3n) is 2.64. The van der Waals surface area contributed by atoms with Crippen molar-refractivity contribution >= 4 is 5.91 Å². The normalized spacial score (nSPS) is 10.1. The lowest BCUT2D eigenvalue weighted by Gasteiger charge is -2.12. The summed E-state index contributed by atoms with van der Waals surface area (Å²) < 4.78 is 5.72. The first-order valence-corrected chi connectivity index (χ1v) is 5.58. The van der Waals surface area contributed by atoms with Crippen LogP contribution in [0, 0.1) is 13.8 Å². The topological polar surface area (TPSA) is 65.2 Å². The van der Waals surface area contributed by atoms with Crippen molar-refractivity contribution in [3.05, 3.63) is 53.2 Å². The molecular weight excluding hydrogens is 228 g/mol. The number of amides is 1. The van der Waals surface area contributed by atoms with Crippen molar-refractivity contribution in [3.63, 3.8) is 0 Å². The van der Waals surface area contributed by atoms with Gasteiger partial charge in [-0.15, -0.1) is 0 Å².